The van der Waals surface area contributed by atoms with Crippen LogP contribution >= 0.6 is 0 Å². The third-order valence-electron chi connectivity index (χ3n) is 5.18. The minimum absolute atomic E-state index is 0.163. The second-order valence-corrected chi connectivity index (χ2v) is 9.15. The Kier molecular flexibility index (Phi) is 4.70. The molecule has 4 rings (SSSR count). The number of methoxy groups -OCH3 is 2. The van der Waals surface area contributed by atoms with Crippen LogP contribution in [0.15, 0.2) is 47.4 Å². The fourth-order valence-electron chi connectivity index (χ4n) is 3.49. The molecule has 0 bridgehead atoms. The number of likely N-dealkylation sites (tertiary alicyclic amines) is 1. The van der Waals surface area contributed by atoms with Gasteiger partial charge in [0, 0.05) is 25.7 Å². The monoisotopic (exact) mass is 415 g/mol. The van der Waals surface area contributed by atoms with Gasteiger partial charge in [-0.05, 0) is 42.5 Å². The number of amides is 1. The van der Waals surface area contributed by atoms with Gasteiger partial charge in [0.05, 0.1) is 30.0 Å². The third-order valence-corrected chi connectivity index (χ3v) is 7.29. The van der Waals surface area contributed by atoms with E-state index in [-0.39, 0.29) is 23.9 Å². The van der Waals surface area contributed by atoms with E-state index in [2.05, 4.69) is 5.10 Å². The topological polar surface area (TPSA) is 90.7 Å². The Bertz CT molecular complexity index is 1180. The van der Waals surface area contributed by atoms with Gasteiger partial charge in [-0.2, -0.15) is 5.10 Å². The molecule has 2 aromatic carbocycles. The minimum Gasteiger partial charge on any atom is -0.497 e. The molecule has 1 aliphatic rings. The summed E-state index contributed by atoms with van der Waals surface area (Å²) in [7, 11) is 1.36. The Morgan fingerprint density at radius 1 is 1.07 bits per heavy atom. The van der Waals surface area contributed by atoms with E-state index < -0.39 is 15.1 Å². The standard InChI is InChI=1S/C20H21N3O5S/c1-22-20(28-3)17-9-4-13(10-18(17)21-22)19(24)23-11-16(12-23)29(25,26)15-7-5-14(27-2)6-8-15/h4-10,16H,11-12H2,1-3H3. The van der Waals surface area contributed by atoms with Crippen LogP contribution in [0.1, 0.15) is 10.4 Å². The van der Waals surface area contributed by atoms with Crippen LogP contribution in [0.2, 0.25) is 0 Å². The highest BCUT2D eigenvalue weighted by Gasteiger charge is 2.40. The second kappa shape index (κ2) is 7.07. The van der Waals surface area contributed by atoms with Crippen LogP contribution in [-0.4, -0.2) is 61.6 Å². The average molecular weight is 415 g/mol. The lowest BCUT2D eigenvalue weighted by molar-refractivity contribution is 0.0659. The van der Waals surface area contributed by atoms with Crippen molar-refractivity contribution < 1.29 is 22.7 Å². The molecule has 3 aromatic rings. The number of sulfone groups is 1. The Labute approximate surface area is 168 Å². The molecule has 0 N–H and O–H groups in total. The van der Waals surface area contributed by atoms with E-state index in [1.165, 1.54) is 24.1 Å². The lowest BCUT2D eigenvalue weighted by Crippen LogP contribution is -2.56. The lowest BCUT2D eigenvalue weighted by atomic mass is 10.1. The van der Waals surface area contributed by atoms with Gasteiger partial charge in [-0.1, -0.05) is 0 Å². The first-order valence-electron chi connectivity index (χ1n) is 9.03. The van der Waals surface area contributed by atoms with Gasteiger partial charge < -0.3 is 14.4 Å². The second-order valence-electron chi connectivity index (χ2n) is 6.92. The van der Waals surface area contributed by atoms with E-state index >= 15 is 0 Å². The SMILES string of the molecule is COc1ccc(S(=O)(=O)C2CN(C(=O)c3ccc4c(OC)n(C)nc4c3)C2)cc1. The van der Waals surface area contributed by atoms with Crippen molar-refractivity contribution in [3.63, 3.8) is 0 Å². The van der Waals surface area contributed by atoms with Crippen molar-refractivity contribution in [2.75, 3.05) is 27.3 Å². The number of rotatable bonds is 5. The van der Waals surface area contributed by atoms with E-state index in [0.717, 1.165) is 5.39 Å². The number of nitrogens with zero attached hydrogens (tertiary/aromatic N) is 3. The van der Waals surface area contributed by atoms with Crippen molar-refractivity contribution in [1.82, 2.24) is 14.7 Å². The van der Waals surface area contributed by atoms with Crippen LogP contribution in [0.4, 0.5) is 0 Å². The van der Waals surface area contributed by atoms with Gasteiger partial charge in [-0.25, -0.2) is 13.1 Å². The molecule has 9 heteroatoms. The molecule has 1 amide bonds. The number of hydrogen-bond donors (Lipinski definition) is 0. The van der Waals surface area contributed by atoms with Crippen LogP contribution in [0.25, 0.3) is 10.9 Å². The first-order chi connectivity index (χ1) is 13.8. The van der Waals surface area contributed by atoms with E-state index in [9.17, 15) is 13.2 Å². The number of carbonyl (C=O) groups excluding carboxylic acids is 1. The van der Waals surface area contributed by atoms with Crippen molar-refractivity contribution in [2.24, 2.45) is 7.05 Å². The normalized spacial score (nSPS) is 14.7. The maximum absolute atomic E-state index is 12.8. The summed E-state index contributed by atoms with van der Waals surface area (Å²) in [6, 6.07) is 11.5. The lowest BCUT2D eigenvalue weighted by Gasteiger charge is -2.38. The molecule has 0 saturated carbocycles. The van der Waals surface area contributed by atoms with E-state index in [1.54, 1.807) is 49.2 Å². The Hall–Kier alpha value is -3.07. The third kappa shape index (κ3) is 3.21. The Morgan fingerprint density at radius 3 is 2.38 bits per heavy atom. The molecule has 1 saturated heterocycles. The fraction of sp³-hybridized carbons (Fsp3) is 0.300. The average Bonchev–Trinajstić information content (AvgIpc) is 3.00. The number of benzene rings is 2. The molecule has 1 aliphatic heterocycles. The van der Waals surface area contributed by atoms with Gasteiger partial charge in [0.15, 0.2) is 9.84 Å². The molecule has 152 valence electrons. The van der Waals surface area contributed by atoms with Crippen molar-refractivity contribution in [3.05, 3.63) is 48.0 Å². The molecule has 0 aliphatic carbocycles. The zero-order valence-corrected chi connectivity index (χ0v) is 17.1. The molecule has 1 aromatic heterocycles. The number of ether oxygens (including phenoxy) is 2. The van der Waals surface area contributed by atoms with Gasteiger partial charge in [0.1, 0.15) is 11.0 Å². The summed E-state index contributed by atoms with van der Waals surface area (Å²) in [5.41, 5.74) is 1.12. The molecule has 0 spiro atoms. The maximum Gasteiger partial charge on any atom is 0.254 e. The zero-order valence-electron chi connectivity index (χ0n) is 16.3. The van der Waals surface area contributed by atoms with Gasteiger partial charge in [-0.3, -0.25) is 4.79 Å². The summed E-state index contributed by atoms with van der Waals surface area (Å²) >= 11 is 0. The molecule has 1 fully saturated rings. The van der Waals surface area contributed by atoms with Crippen LogP contribution in [0, 0.1) is 0 Å². The van der Waals surface area contributed by atoms with Gasteiger partial charge in [0.25, 0.3) is 5.91 Å². The summed E-state index contributed by atoms with van der Waals surface area (Å²) < 4.78 is 37.5. The van der Waals surface area contributed by atoms with Crippen molar-refractivity contribution in [1.29, 1.82) is 0 Å². The maximum atomic E-state index is 12.8. The first kappa shape index (κ1) is 19.3. The highest BCUT2D eigenvalue weighted by atomic mass is 32.2. The number of fused-ring (bicyclic) bond motifs is 1. The highest BCUT2D eigenvalue weighted by molar-refractivity contribution is 7.92. The fourth-order valence-corrected chi connectivity index (χ4v) is 5.15. The number of carbonyl (C=O) groups is 1. The van der Waals surface area contributed by atoms with E-state index in [0.29, 0.717) is 22.7 Å². The molecule has 0 atom stereocenters. The Morgan fingerprint density at radius 2 is 1.76 bits per heavy atom. The van der Waals surface area contributed by atoms with Gasteiger partial charge >= 0.3 is 0 Å². The van der Waals surface area contributed by atoms with Gasteiger partial charge in [-0.15, -0.1) is 0 Å². The number of aromatic nitrogens is 2. The van der Waals surface area contributed by atoms with Crippen molar-refractivity contribution in [3.8, 4) is 11.6 Å². The van der Waals surface area contributed by atoms with Crippen molar-refractivity contribution in [2.45, 2.75) is 10.1 Å². The molecule has 2 heterocycles. The van der Waals surface area contributed by atoms with Crippen LogP contribution in [0.3, 0.4) is 0 Å². The van der Waals surface area contributed by atoms with E-state index in [1.807, 2.05) is 0 Å². The van der Waals surface area contributed by atoms with Crippen LogP contribution in [0.5, 0.6) is 11.6 Å². The summed E-state index contributed by atoms with van der Waals surface area (Å²) in [6.07, 6.45) is 0. The quantitative estimate of drug-likeness (QED) is 0.632. The number of aryl methyl sites for hydroxylation is 1. The first-order valence-corrected chi connectivity index (χ1v) is 10.6. The highest BCUT2D eigenvalue weighted by Crippen LogP contribution is 2.29. The predicted octanol–water partition coefficient (Wildman–Crippen LogP) is 1.89. The summed E-state index contributed by atoms with van der Waals surface area (Å²) in [5, 5.41) is 4.56. The summed E-state index contributed by atoms with van der Waals surface area (Å²) in [4.78, 5) is 14.5. The summed E-state index contributed by atoms with van der Waals surface area (Å²) in [6.45, 7) is 0.327. The molecule has 0 unspecified atom stereocenters. The molecule has 8 nitrogen and oxygen atoms in total. The Balaban J connectivity index is 1.49. The molecular formula is C20H21N3O5S. The summed E-state index contributed by atoms with van der Waals surface area (Å²) in [5.74, 6) is 1.00. The number of hydrogen-bond acceptors (Lipinski definition) is 6. The zero-order chi connectivity index (χ0) is 20.8. The van der Waals surface area contributed by atoms with Crippen LogP contribution < -0.4 is 9.47 Å². The minimum atomic E-state index is -3.50. The predicted molar refractivity (Wildman–Crippen MR) is 107 cm³/mol. The smallest absolute Gasteiger partial charge is 0.254 e. The van der Waals surface area contributed by atoms with Gasteiger partial charge in [0.2, 0.25) is 5.88 Å². The van der Waals surface area contributed by atoms with Crippen LogP contribution in [-0.2, 0) is 16.9 Å². The van der Waals surface area contributed by atoms with Crippen molar-refractivity contribution >= 4 is 26.6 Å². The largest absolute Gasteiger partial charge is 0.497 e. The molecular weight excluding hydrogens is 394 g/mol. The molecule has 0 radical (unpaired) electrons. The van der Waals surface area contributed by atoms with E-state index in [4.69, 9.17) is 9.47 Å². The molecule has 29 heavy (non-hydrogen) atoms.